The van der Waals surface area contributed by atoms with Crippen molar-refractivity contribution in [3.05, 3.63) is 22.2 Å². The molecule has 1 rings (SSSR count). The van der Waals surface area contributed by atoms with Gasteiger partial charge in [0.15, 0.2) is 0 Å². The first kappa shape index (κ1) is 15.9. The molecule has 8 heteroatoms. The van der Waals surface area contributed by atoms with Gasteiger partial charge in [-0.15, -0.1) is 0 Å². The third-order valence-electron chi connectivity index (χ3n) is 2.57. The maximum atomic E-state index is 12.1. The normalized spacial score (nSPS) is 11.4. The van der Waals surface area contributed by atoms with E-state index in [9.17, 15) is 13.2 Å². The number of amides is 1. The Morgan fingerprint density at radius 2 is 2.00 bits per heavy atom. The Morgan fingerprint density at radius 3 is 2.53 bits per heavy atom. The van der Waals surface area contributed by atoms with Crippen molar-refractivity contribution < 1.29 is 13.2 Å². The Hall–Kier alpha value is -1.12. The van der Waals surface area contributed by atoms with E-state index in [1.807, 2.05) is 0 Å². The summed E-state index contributed by atoms with van der Waals surface area (Å²) in [6.07, 6.45) is 0. The maximum absolute atomic E-state index is 12.1. The van der Waals surface area contributed by atoms with Gasteiger partial charge < -0.3 is 10.6 Å². The lowest BCUT2D eigenvalue weighted by molar-refractivity contribution is -0.127. The zero-order chi connectivity index (χ0) is 14.8. The largest absolute Gasteiger partial charge is 0.398 e. The lowest BCUT2D eigenvalue weighted by atomic mass is 10.2. The molecule has 0 bridgehead atoms. The molecule has 0 unspecified atom stereocenters. The number of sulfonamides is 1. The number of nitrogens with zero attached hydrogens (tertiary/aromatic N) is 1. The molecule has 0 atom stereocenters. The molecule has 106 valence electrons. The van der Waals surface area contributed by atoms with E-state index in [1.165, 1.54) is 11.0 Å². The molecule has 0 aromatic heterocycles. The third-order valence-corrected chi connectivity index (χ3v) is 4.55. The average molecular weight is 350 g/mol. The fraction of sp³-hybridized carbons (Fsp3) is 0.364. The van der Waals surface area contributed by atoms with Crippen LogP contribution < -0.4 is 10.5 Å². The highest BCUT2D eigenvalue weighted by atomic mass is 79.9. The number of likely N-dealkylation sites (N-methyl/N-ethyl adjacent to an activating group) is 1. The molecule has 19 heavy (non-hydrogen) atoms. The van der Waals surface area contributed by atoms with E-state index in [1.54, 1.807) is 27.1 Å². The number of hydrogen-bond donors (Lipinski definition) is 2. The third kappa shape index (κ3) is 3.92. The van der Waals surface area contributed by atoms with Crippen LogP contribution in [-0.2, 0) is 14.8 Å². The number of benzene rings is 1. The van der Waals surface area contributed by atoms with Crippen molar-refractivity contribution in [2.24, 2.45) is 0 Å². The Morgan fingerprint density at radius 1 is 1.42 bits per heavy atom. The van der Waals surface area contributed by atoms with Crippen LogP contribution in [0.25, 0.3) is 0 Å². The predicted molar refractivity (Wildman–Crippen MR) is 77.2 cm³/mol. The molecule has 1 aromatic carbocycles. The summed E-state index contributed by atoms with van der Waals surface area (Å²) in [4.78, 5) is 12.8. The van der Waals surface area contributed by atoms with Crippen molar-refractivity contribution in [3.8, 4) is 0 Å². The van der Waals surface area contributed by atoms with Gasteiger partial charge in [0.2, 0.25) is 15.9 Å². The van der Waals surface area contributed by atoms with E-state index in [0.29, 0.717) is 15.7 Å². The Kier molecular flexibility index (Phi) is 4.94. The first-order chi connectivity index (χ1) is 8.65. The molecule has 1 amide bonds. The fourth-order valence-electron chi connectivity index (χ4n) is 1.35. The van der Waals surface area contributed by atoms with E-state index in [0.717, 1.165) is 0 Å². The number of carbonyl (C=O) groups excluding carboxylic acids is 1. The highest BCUT2D eigenvalue weighted by Crippen LogP contribution is 2.26. The molecule has 0 heterocycles. The fourth-order valence-corrected chi connectivity index (χ4v) is 3.25. The molecule has 0 fully saturated rings. The molecule has 6 nitrogen and oxygen atoms in total. The molecule has 0 saturated heterocycles. The van der Waals surface area contributed by atoms with Crippen molar-refractivity contribution in [1.29, 1.82) is 0 Å². The number of nitrogens with one attached hydrogen (secondary N) is 1. The van der Waals surface area contributed by atoms with Crippen LogP contribution in [0, 0.1) is 6.92 Å². The van der Waals surface area contributed by atoms with Crippen molar-refractivity contribution in [1.82, 2.24) is 9.62 Å². The summed E-state index contributed by atoms with van der Waals surface area (Å²) < 4.78 is 27.1. The number of carbonyl (C=O) groups is 1. The number of hydrogen-bond acceptors (Lipinski definition) is 4. The molecular weight excluding hydrogens is 334 g/mol. The summed E-state index contributed by atoms with van der Waals surface area (Å²) >= 11 is 3.20. The van der Waals surface area contributed by atoms with Crippen molar-refractivity contribution >= 4 is 37.5 Å². The molecular formula is C11H16BrN3O3S. The summed E-state index contributed by atoms with van der Waals surface area (Å²) in [5.74, 6) is -0.329. The second kappa shape index (κ2) is 5.89. The van der Waals surface area contributed by atoms with Crippen molar-refractivity contribution in [2.75, 3.05) is 26.4 Å². The minimum absolute atomic E-state index is 0.0610. The van der Waals surface area contributed by atoms with E-state index in [2.05, 4.69) is 20.7 Å². The highest BCUT2D eigenvalue weighted by molar-refractivity contribution is 9.10. The minimum Gasteiger partial charge on any atom is -0.398 e. The summed E-state index contributed by atoms with van der Waals surface area (Å²) in [6.45, 7) is 1.32. The second-order valence-electron chi connectivity index (χ2n) is 4.23. The van der Waals surface area contributed by atoms with Gasteiger partial charge in [-0.25, -0.2) is 13.1 Å². The van der Waals surface area contributed by atoms with Crippen LogP contribution >= 0.6 is 15.9 Å². The molecule has 0 saturated carbocycles. The zero-order valence-corrected chi connectivity index (χ0v) is 13.3. The van der Waals surface area contributed by atoms with Crippen LogP contribution in [0.2, 0.25) is 0 Å². The van der Waals surface area contributed by atoms with Gasteiger partial charge in [0.25, 0.3) is 0 Å². The van der Waals surface area contributed by atoms with Gasteiger partial charge >= 0.3 is 0 Å². The van der Waals surface area contributed by atoms with E-state index in [4.69, 9.17) is 5.73 Å². The van der Waals surface area contributed by atoms with Crippen LogP contribution in [0.15, 0.2) is 21.5 Å². The number of rotatable bonds is 4. The molecule has 3 N–H and O–H groups in total. The summed E-state index contributed by atoms with van der Waals surface area (Å²) in [5.41, 5.74) is 6.55. The highest BCUT2D eigenvalue weighted by Gasteiger charge is 2.20. The van der Waals surface area contributed by atoms with Crippen molar-refractivity contribution in [3.63, 3.8) is 0 Å². The molecule has 0 spiro atoms. The van der Waals surface area contributed by atoms with E-state index >= 15 is 0 Å². The van der Waals surface area contributed by atoms with Gasteiger partial charge in [-0.2, -0.15) is 0 Å². The van der Waals surface area contributed by atoms with E-state index in [-0.39, 0.29) is 17.3 Å². The quantitative estimate of drug-likeness (QED) is 0.782. The Bertz CT molecular complexity index is 599. The monoisotopic (exact) mass is 349 g/mol. The van der Waals surface area contributed by atoms with Gasteiger partial charge in [-0.05, 0) is 24.6 Å². The number of halogens is 1. The molecule has 0 aliphatic carbocycles. The SMILES string of the molecule is Cc1c(N)cc(Br)cc1S(=O)(=O)NCC(=O)N(C)C. The van der Waals surface area contributed by atoms with Gasteiger partial charge in [0, 0.05) is 24.3 Å². The van der Waals surface area contributed by atoms with Crippen LogP contribution in [0.5, 0.6) is 0 Å². The summed E-state index contributed by atoms with van der Waals surface area (Å²) in [7, 11) is -0.663. The summed E-state index contributed by atoms with van der Waals surface area (Å²) in [6, 6.07) is 3.08. The van der Waals surface area contributed by atoms with Gasteiger partial charge in [0.1, 0.15) is 0 Å². The molecule has 0 aliphatic heterocycles. The topological polar surface area (TPSA) is 92.5 Å². The number of nitrogen functional groups attached to an aromatic ring is 1. The number of anilines is 1. The van der Waals surface area contributed by atoms with Crippen molar-refractivity contribution in [2.45, 2.75) is 11.8 Å². The average Bonchev–Trinajstić information content (AvgIpc) is 2.30. The minimum atomic E-state index is -3.77. The summed E-state index contributed by atoms with van der Waals surface area (Å²) in [5, 5.41) is 0. The first-order valence-electron chi connectivity index (χ1n) is 5.40. The Balaban J connectivity index is 3.05. The number of nitrogens with two attached hydrogens (primary N) is 1. The standard InChI is InChI=1S/C11H16BrN3O3S/c1-7-9(13)4-8(12)5-10(7)19(17,18)14-6-11(16)15(2)3/h4-5,14H,6,13H2,1-3H3. The molecule has 0 radical (unpaired) electrons. The molecule has 0 aliphatic rings. The lowest BCUT2D eigenvalue weighted by Gasteiger charge is -2.13. The Labute approximate surface area is 121 Å². The van der Waals surface area contributed by atoms with Gasteiger partial charge in [-0.1, -0.05) is 15.9 Å². The van der Waals surface area contributed by atoms with Crippen LogP contribution in [-0.4, -0.2) is 39.9 Å². The maximum Gasteiger partial charge on any atom is 0.241 e. The molecule has 1 aromatic rings. The van der Waals surface area contributed by atoms with Gasteiger partial charge in [0.05, 0.1) is 11.4 Å². The van der Waals surface area contributed by atoms with Crippen LogP contribution in [0.3, 0.4) is 0 Å². The zero-order valence-electron chi connectivity index (χ0n) is 10.9. The van der Waals surface area contributed by atoms with Crippen LogP contribution in [0.4, 0.5) is 5.69 Å². The van der Waals surface area contributed by atoms with E-state index < -0.39 is 10.0 Å². The first-order valence-corrected chi connectivity index (χ1v) is 7.68. The second-order valence-corrected chi connectivity index (χ2v) is 6.88. The smallest absolute Gasteiger partial charge is 0.241 e. The van der Waals surface area contributed by atoms with Gasteiger partial charge in [-0.3, -0.25) is 4.79 Å². The predicted octanol–water partition coefficient (Wildman–Crippen LogP) is 0.706. The lowest BCUT2D eigenvalue weighted by Crippen LogP contribution is -2.36. The van der Waals surface area contributed by atoms with Crippen LogP contribution in [0.1, 0.15) is 5.56 Å².